The summed E-state index contributed by atoms with van der Waals surface area (Å²) >= 11 is 10.5. The van der Waals surface area contributed by atoms with Crippen LogP contribution < -0.4 is 10.1 Å². The summed E-state index contributed by atoms with van der Waals surface area (Å²) in [5.41, 5.74) is 2.46. The minimum atomic E-state index is -0.273. The average molecular weight is 395 g/mol. The Labute approximate surface area is 167 Å². The van der Waals surface area contributed by atoms with E-state index in [4.69, 9.17) is 21.6 Å². The zero-order chi connectivity index (χ0) is 19.4. The Morgan fingerprint density at radius 2 is 1.78 bits per heavy atom. The molecule has 134 valence electrons. The molecule has 0 fully saturated rings. The maximum atomic E-state index is 12.4. The van der Waals surface area contributed by atoms with Crippen LogP contribution >= 0.6 is 24.2 Å². The van der Waals surface area contributed by atoms with Gasteiger partial charge in [0.1, 0.15) is 11.5 Å². The molecule has 0 heterocycles. The Balaban J connectivity index is 1.76. The van der Waals surface area contributed by atoms with Crippen molar-refractivity contribution in [1.82, 2.24) is 0 Å². The molecule has 0 aliphatic carbocycles. The third kappa shape index (κ3) is 4.62. The van der Waals surface area contributed by atoms with E-state index in [1.54, 1.807) is 60.7 Å². The van der Waals surface area contributed by atoms with Crippen LogP contribution in [0.1, 0.15) is 21.5 Å². The van der Waals surface area contributed by atoms with Gasteiger partial charge in [-0.2, -0.15) is 5.26 Å². The number of ether oxygens (including phenoxy) is 1. The van der Waals surface area contributed by atoms with Gasteiger partial charge in [-0.1, -0.05) is 11.6 Å². The Bertz CT molecular complexity index is 1040. The number of anilines is 1. The molecule has 4 nitrogen and oxygen atoms in total. The van der Waals surface area contributed by atoms with Crippen molar-refractivity contribution in [2.24, 2.45) is 0 Å². The lowest BCUT2D eigenvalue weighted by Gasteiger charge is -2.12. The van der Waals surface area contributed by atoms with Gasteiger partial charge in [-0.15, -0.1) is 12.6 Å². The van der Waals surface area contributed by atoms with Crippen LogP contribution in [0.5, 0.6) is 11.5 Å². The number of benzene rings is 3. The van der Waals surface area contributed by atoms with Crippen LogP contribution in [0.3, 0.4) is 0 Å². The summed E-state index contributed by atoms with van der Waals surface area (Å²) in [6.45, 7) is 1.85. The number of hydrogen-bond donors (Lipinski definition) is 2. The van der Waals surface area contributed by atoms with Crippen LogP contribution in [0.2, 0.25) is 5.02 Å². The van der Waals surface area contributed by atoms with Crippen LogP contribution in [-0.4, -0.2) is 5.91 Å². The van der Waals surface area contributed by atoms with Crippen molar-refractivity contribution in [2.75, 3.05) is 5.32 Å². The number of nitrogens with zero attached hydrogens (tertiary/aromatic N) is 1. The number of rotatable bonds is 4. The topological polar surface area (TPSA) is 62.1 Å². The van der Waals surface area contributed by atoms with Gasteiger partial charge in [-0.25, -0.2) is 0 Å². The zero-order valence-electron chi connectivity index (χ0n) is 14.4. The monoisotopic (exact) mass is 394 g/mol. The normalized spacial score (nSPS) is 10.1. The van der Waals surface area contributed by atoms with Crippen molar-refractivity contribution in [3.05, 3.63) is 82.4 Å². The summed E-state index contributed by atoms with van der Waals surface area (Å²) in [6.07, 6.45) is 0. The molecular formula is C21H15ClN2O2S. The second-order valence-corrected chi connectivity index (χ2v) is 6.76. The fraction of sp³-hybridized carbons (Fsp3) is 0.0476. The molecule has 3 aromatic carbocycles. The molecule has 0 spiro atoms. The lowest BCUT2D eigenvalue weighted by atomic mass is 10.1. The van der Waals surface area contributed by atoms with E-state index in [-0.39, 0.29) is 5.91 Å². The van der Waals surface area contributed by atoms with E-state index < -0.39 is 0 Å². The number of carbonyl (C=O) groups is 1. The predicted octanol–water partition coefficient (Wildman–Crippen LogP) is 5.85. The SMILES string of the molecule is Cc1cc(C#N)ccc1Oc1ccc(C(=O)Nc2ccc(S)cc2)cc1Cl. The minimum Gasteiger partial charge on any atom is -0.456 e. The zero-order valence-corrected chi connectivity index (χ0v) is 16.0. The molecule has 0 unspecified atom stereocenters. The molecular weight excluding hydrogens is 380 g/mol. The van der Waals surface area contributed by atoms with Crippen LogP contribution in [0.15, 0.2) is 65.6 Å². The van der Waals surface area contributed by atoms with Crippen LogP contribution in [0.25, 0.3) is 0 Å². The Kier molecular flexibility index (Phi) is 5.70. The van der Waals surface area contributed by atoms with Crippen molar-refractivity contribution in [1.29, 1.82) is 5.26 Å². The second-order valence-electron chi connectivity index (χ2n) is 5.84. The van der Waals surface area contributed by atoms with E-state index in [2.05, 4.69) is 24.0 Å². The predicted molar refractivity (Wildman–Crippen MR) is 109 cm³/mol. The highest BCUT2D eigenvalue weighted by molar-refractivity contribution is 7.80. The van der Waals surface area contributed by atoms with E-state index >= 15 is 0 Å². The number of nitrogens with one attached hydrogen (secondary N) is 1. The Morgan fingerprint density at radius 3 is 2.41 bits per heavy atom. The third-order valence-electron chi connectivity index (χ3n) is 3.84. The summed E-state index contributed by atoms with van der Waals surface area (Å²) < 4.78 is 5.82. The molecule has 0 saturated heterocycles. The van der Waals surface area contributed by atoms with E-state index in [1.807, 2.05) is 6.92 Å². The fourth-order valence-corrected chi connectivity index (χ4v) is 2.79. The van der Waals surface area contributed by atoms with E-state index in [9.17, 15) is 4.79 Å². The molecule has 0 aliphatic rings. The number of hydrogen-bond acceptors (Lipinski definition) is 4. The summed E-state index contributed by atoms with van der Waals surface area (Å²) in [5, 5.41) is 12.1. The summed E-state index contributed by atoms with van der Waals surface area (Å²) in [5.74, 6) is 0.755. The lowest BCUT2D eigenvalue weighted by molar-refractivity contribution is 0.102. The maximum absolute atomic E-state index is 12.4. The number of thiol groups is 1. The second kappa shape index (κ2) is 8.17. The summed E-state index contributed by atoms with van der Waals surface area (Å²) in [4.78, 5) is 13.2. The van der Waals surface area contributed by atoms with E-state index in [1.165, 1.54) is 0 Å². The maximum Gasteiger partial charge on any atom is 0.255 e. The number of aryl methyl sites for hydroxylation is 1. The molecule has 0 saturated carbocycles. The van der Waals surface area contributed by atoms with E-state index in [0.717, 1.165) is 10.5 Å². The minimum absolute atomic E-state index is 0.273. The van der Waals surface area contributed by atoms with Gasteiger partial charge in [-0.05, 0) is 73.2 Å². The molecule has 0 aromatic heterocycles. The first-order valence-electron chi connectivity index (χ1n) is 8.05. The van der Waals surface area contributed by atoms with Gasteiger partial charge in [0.2, 0.25) is 0 Å². The Hall–Kier alpha value is -2.94. The van der Waals surface area contributed by atoms with Gasteiger partial charge in [0.15, 0.2) is 0 Å². The van der Waals surface area contributed by atoms with Gasteiger partial charge < -0.3 is 10.1 Å². The molecule has 6 heteroatoms. The molecule has 1 N–H and O–H groups in total. The van der Waals surface area contributed by atoms with Gasteiger partial charge in [0.05, 0.1) is 16.7 Å². The lowest BCUT2D eigenvalue weighted by Crippen LogP contribution is -2.11. The van der Waals surface area contributed by atoms with Crippen molar-refractivity contribution < 1.29 is 9.53 Å². The van der Waals surface area contributed by atoms with Gasteiger partial charge in [0.25, 0.3) is 5.91 Å². The number of amides is 1. The molecule has 0 aliphatic heterocycles. The highest BCUT2D eigenvalue weighted by Gasteiger charge is 2.12. The Morgan fingerprint density at radius 1 is 1.07 bits per heavy atom. The molecule has 27 heavy (non-hydrogen) atoms. The molecule has 3 aromatic rings. The van der Waals surface area contributed by atoms with Crippen LogP contribution in [0, 0.1) is 18.3 Å². The van der Waals surface area contributed by atoms with Crippen molar-refractivity contribution >= 4 is 35.8 Å². The van der Waals surface area contributed by atoms with Crippen LogP contribution in [-0.2, 0) is 0 Å². The van der Waals surface area contributed by atoms with Gasteiger partial charge >= 0.3 is 0 Å². The van der Waals surface area contributed by atoms with Crippen molar-refractivity contribution in [2.45, 2.75) is 11.8 Å². The molecule has 1 amide bonds. The smallest absolute Gasteiger partial charge is 0.255 e. The molecule has 0 radical (unpaired) electrons. The first kappa shape index (κ1) is 18.8. The highest BCUT2D eigenvalue weighted by atomic mass is 35.5. The van der Waals surface area contributed by atoms with Gasteiger partial charge in [-0.3, -0.25) is 4.79 Å². The largest absolute Gasteiger partial charge is 0.456 e. The third-order valence-corrected chi connectivity index (χ3v) is 4.44. The first-order valence-corrected chi connectivity index (χ1v) is 8.87. The first-order chi connectivity index (χ1) is 13.0. The number of nitriles is 1. The average Bonchev–Trinajstić information content (AvgIpc) is 2.66. The quantitative estimate of drug-likeness (QED) is 0.545. The van der Waals surface area contributed by atoms with Crippen molar-refractivity contribution in [3.63, 3.8) is 0 Å². The fourth-order valence-electron chi connectivity index (χ4n) is 2.42. The molecule has 3 rings (SSSR count). The number of halogens is 1. The molecule has 0 bridgehead atoms. The van der Waals surface area contributed by atoms with E-state index in [0.29, 0.717) is 33.3 Å². The van der Waals surface area contributed by atoms with Gasteiger partial charge in [0, 0.05) is 16.1 Å². The number of carbonyl (C=O) groups excluding carboxylic acids is 1. The summed E-state index contributed by atoms with van der Waals surface area (Å²) in [7, 11) is 0. The van der Waals surface area contributed by atoms with Crippen LogP contribution in [0.4, 0.5) is 5.69 Å². The van der Waals surface area contributed by atoms with Crippen molar-refractivity contribution in [3.8, 4) is 17.6 Å². The standard InChI is InChI=1S/C21H15ClN2O2S/c1-13-10-14(12-23)2-8-19(13)26-20-9-3-15(11-18(20)22)21(25)24-16-4-6-17(27)7-5-16/h2-11,27H,1H3,(H,24,25). The highest BCUT2D eigenvalue weighted by Crippen LogP contribution is 2.32. The summed E-state index contributed by atoms with van der Waals surface area (Å²) in [6, 6.07) is 19.2. The molecule has 0 atom stereocenters.